The number of nitrogens with zero attached hydrogens (tertiary/aromatic N) is 3. The van der Waals surface area contributed by atoms with Crippen molar-refractivity contribution in [2.24, 2.45) is 0 Å². The summed E-state index contributed by atoms with van der Waals surface area (Å²) in [6.07, 6.45) is 0.387. The zero-order chi connectivity index (χ0) is 8.72. The van der Waals surface area contributed by atoms with Crippen LogP contribution in [0.25, 0.3) is 0 Å². The molecule has 0 spiro atoms. The molecule has 4 heteroatoms. The van der Waals surface area contributed by atoms with Crippen molar-refractivity contribution in [1.29, 1.82) is 0 Å². The maximum atomic E-state index is 13.3. The molecular weight excluding hydrogens is 157 g/mol. The Hall–Kier alpha value is -0.930. The van der Waals surface area contributed by atoms with Crippen LogP contribution in [0.1, 0.15) is 44.1 Å². The van der Waals surface area contributed by atoms with Gasteiger partial charge in [-0.25, -0.2) is 4.39 Å². The number of hydrogen-bond acceptors (Lipinski definition) is 2. The van der Waals surface area contributed by atoms with Crippen molar-refractivity contribution < 1.29 is 4.39 Å². The van der Waals surface area contributed by atoms with E-state index in [1.54, 1.807) is 4.57 Å². The van der Waals surface area contributed by atoms with Crippen molar-refractivity contribution >= 4 is 0 Å². The van der Waals surface area contributed by atoms with Crippen molar-refractivity contribution in [3.63, 3.8) is 0 Å². The standard InChI is InChI=1S/C8H12FN3/c1-5(2)8-11-10-7-4-3-6(9)12(7)8/h5-6H,3-4H2,1-2H3/t6-/m0/s1. The van der Waals surface area contributed by atoms with Gasteiger partial charge in [-0.05, 0) is 0 Å². The smallest absolute Gasteiger partial charge is 0.179 e. The van der Waals surface area contributed by atoms with Crippen LogP contribution in [0.4, 0.5) is 4.39 Å². The Bertz CT molecular complexity index is 292. The average Bonchev–Trinajstić information content (AvgIpc) is 2.53. The zero-order valence-electron chi connectivity index (χ0n) is 7.29. The summed E-state index contributed by atoms with van der Waals surface area (Å²) in [5.74, 6) is 1.82. The Balaban J connectivity index is 2.46. The lowest BCUT2D eigenvalue weighted by Crippen LogP contribution is -2.05. The lowest BCUT2D eigenvalue weighted by Gasteiger charge is -2.08. The fourth-order valence-electron chi connectivity index (χ4n) is 1.58. The van der Waals surface area contributed by atoms with Gasteiger partial charge in [-0.1, -0.05) is 13.8 Å². The van der Waals surface area contributed by atoms with E-state index in [2.05, 4.69) is 10.2 Å². The van der Waals surface area contributed by atoms with Crippen molar-refractivity contribution in [3.05, 3.63) is 11.6 Å². The minimum atomic E-state index is -0.896. The highest BCUT2D eigenvalue weighted by Crippen LogP contribution is 2.29. The molecule has 0 aliphatic carbocycles. The van der Waals surface area contributed by atoms with Crippen molar-refractivity contribution in [2.45, 2.75) is 38.9 Å². The minimum absolute atomic E-state index is 0.252. The Morgan fingerprint density at radius 3 is 2.92 bits per heavy atom. The Morgan fingerprint density at radius 2 is 2.25 bits per heavy atom. The summed E-state index contributed by atoms with van der Waals surface area (Å²) >= 11 is 0. The topological polar surface area (TPSA) is 30.7 Å². The molecule has 1 aliphatic rings. The molecule has 0 N–H and O–H groups in total. The van der Waals surface area contributed by atoms with E-state index < -0.39 is 6.30 Å². The van der Waals surface area contributed by atoms with Crippen LogP contribution in [0.5, 0.6) is 0 Å². The van der Waals surface area contributed by atoms with Gasteiger partial charge in [0.25, 0.3) is 0 Å². The molecule has 1 atom stereocenters. The number of hydrogen-bond donors (Lipinski definition) is 0. The summed E-state index contributed by atoms with van der Waals surface area (Å²) in [5, 5.41) is 7.90. The Morgan fingerprint density at radius 1 is 1.50 bits per heavy atom. The maximum absolute atomic E-state index is 13.3. The molecule has 3 nitrogen and oxygen atoms in total. The van der Waals surface area contributed by atoms with Gasteiger partial charge in [-0.2, -0.15) is 0 Å². The monoisotopic (exact) mass is 169 g/mol. The summed E-state index contributed by atoms with van der Waals surface area (Å²) in [6.45, 7) is 4.00. The SMILES string of the molecule is CC(C)c1nnc2n1[C@H](F)CC2. The largest absolute Gasteiger partial charge is 0.283 e. The van der Waals surface area contributed by atoms with Crippen LogP contribution in [0, 0.1) is 0 Å². The number of halogens is 1. The van der Waals surface area contributed by atoms with Gasteiger partial charge < -0.3 is 0 Å². The van der Waals surface area contributed by atoms with E-state index in [1.165, 1.54) is 0 Å². The van der Waals surface area contributed by atoms with Crippen molar-refractivity contribution in [1.82, 2.24) is 14.8 Å². The molecule has 0 aromatic carbocycles. The third-order valence-corrected chi connectivity index (χ3v) is 2.20. The van der Waals surface area contributed by atoms with Gasteiger partial charge in [0.15, 0.2) is 6.30 Å². The van der Waals surface area contributed by atoms with Gasteiger partial charge in [0.2, 0.25) is 0 Å². The first kappa shape index (κ1) is 7.71. The number of rotatable bonds is 1. The lowest BCUT2D eigenvalue weighted by molar-refractivity contribution is 0.245. The minimum Gasteiger partial charge on any atom is -0.283 e. The molecule has 66 valence electrons. The van der Waals surface area contributed by atoms with E-state index >= 15 is 0 Å². The first-order valence-electron chi connectivity index (χ1n) is 4.28. The molecule has 0 unspecified atom stereocenters. The highest BCUT2D eigenvalue weighted by atomic mass is 19.1. The highest BCUT2D eigenvalue weighted by Gasteiger charge is 2.27. The molecule has 0 amide bonds. The van der Waals surface area contributed by atoms with Crippen LogP contribution in [0.15, 0.2) is 0 Å². The molecule has 0 fully saturated rings. The zero-order valence-corrected chi connectivity index (χ0v) is 7.29. The average molecular weight is 169 g/mol. The van der Waals surface area contributed by atoms with Gasteiger partial charge in [0.1, 0.15) is 11.6 Å². The molecule has 0 bridgehead atoms. The summed E-state index contributed by atoms with van der Waals surface area (Å²) in [5.41, 5.74) is 0. The fourth-order valence-corrected chi connectivity index (χ4v) is 1.58. The summed E-state index contributed by atoms with van der Waals surface area (Å²) < 4.78 is 14.9. The van der Waals surface area contributed by atoms with Gasteiger partial charge in [-0.3, -0.25) is 4.57 Å². The molecule has 2 heterocycles. The van der Waals surface area contributed by atoms with Crippen LogP contribution in [-0.2, 0) is 6.42 Å². The van der Waals surface area contributed by atoms with Crippen LogP contribution in [0.2, 0.25) is 0 Å². The quantitative estimate of drug-likeness (QED) is 0.642. The van der Waals surface area contributed by atoms with E-state index in [1.807, 2.05) is 13.8 Å². The van der Waals surface area contributed by atoms with Gasteiger partial charge in [-0.15, -0.1) is 10.2 Å². The molecule has 12 heavy (non-hydrogen) atoms. The van der Waals surface area contributed by atoms with Crippen molar-refractivity contribution in [2.75, 3.05) is 0 Å². The van der Waals surface area contributed by atoms with E-state index in [-0.39, 0.29) is 5.92 Å². The number of aromatic nitrogens is 3. The van der Waals surface area contributed by atoms with Crippen LogP contribution in [0.3, 0.4) is 0 Å². The normalized spacial score (nSPS) is 21.8. The van der Waals surface area contributed by atoms with Crippen molar-refractivity contribution in [3.8, 4) is 0 Å². The van der Waals surface area contributed by atoms with E-state index in [0.29, 0.717) is 6.42 Å². The van der Waals surface area contributed by atoms with Crippen LogP contribution < -0.4 is 0 Å². The summed E-state index contributed by atoms with van der Waals surface area (Å²) in [6, 6.07) is 0. The third-order valence-electron chi connectivity index (χ3n) is 2.20. The number of fused-ring (bicyclic) bond motifs is 1. The molecule has 0 saturated carbocycles. The second-order valence-electron chi connectivity index (χ2n) is 3.47. The van der Waals surface area contributed by atoms with Gasteiger partial charge in [0, 0.05) is 18.8 Å². The highest BCUT2D eigenvalue weighted by molar-refractivity contribution is 5.05. The molecule has 0 radical (unpaired) electrons. The molecule has 1 aliphatic heterocycles. The predicted molar refractivity (Wildman–Crippen MR) is 42.6 cm³/mol. The molecule has 1 aromatic heterocycles. The van der Waals surface area contributed by atoms with Gasteiger partial charge in [0.05, 0.1) is 0 Å². The number of alkyl halides is 1. The lowest BCUT2D eigenvalue weighted by atomic mass is 10.2. The predicted octanol–water partition coefficient (Wildman–Crippen LogP) is 1.82. The number of aryl methyl sites for hydroxylation is 1. The second-order valence-corrected chi connectivity index (χ2v) is 3.47. The van der Waals surface area contributed by atoms with Crippen LogP contribution >= 0.6 is 0 Å². The molecular formula is C8H12FN3. The summed E-state index contributed by atoms with van der Waals surface area (Å²) in [7, 11) is 0. The molecule has 0 saturated heterocycles. The van der Waals surface area contributed by atoms with E-state index in [4.69, 9.17) is 0 Å². The Kier molecular flexibility index (Phi) is 1.63. The first-order valence-corrected chi connectivity index (χ1v) is 4.28. The fraction of sp³-hybridized carbons (Fsp3) is 0.750. The summed E-state index contributed by atoms with van der Waals surface area (Å²) in [4.78, 5) is 0. The molecule has 2 rings (SSSR count). The maximum Gasteiger partial charge on any atom is 0.179 e. The third kappa shape index (κ3) is 0.940. The van der Waals surface area contributed by atoms with E-state index in [9.17, 15) is 4.39 Å². The Labute approximate surface area is 70.6 Å². The first-order chi connectivity index (χ1) is 5.70. The van der Waals surface area contributed by atoms with Gasteiger partial charge >= 0.3 is 0 Å². The van der Waals surface area contributed by atoms with Crippen LogP contribution in [-0.4, -0.2) is 14.8 Å². The molecule has 1 aromatic rings. The second kappa shape index (κ2) is 2.54. The van der Waals surface area contributed by atoms with E-state index in [0.717, 1.165) is 18.1 Å².